The van der Waals surface area contributed by atoms with Gasteiger partial charge in [-0.25, -0.2) is 10.4 Å². The lowest BCUT2D eigenvalue weighted by Crippen LogP contribution is -2.45. The van der Waals surface area contributed by atoms with Crippen molar-refractivity contribution in [3.05, 3.63) is 21.9 Å². The van der Waals surface area contributed by atoms with Crippen LogP contribution in [0.25, 0.3) is 0 Å². The Morgan fingerprint density at radius 1 is 1.44 bits per heavy atom. The number of hydrogen-bond acceptors (Lipinski definition) is 4. The molecule has 1 aliphatic rings. The van der Waals surface area contributed by atoms with Gasteiger partial charge in [0.1, 0.15) is 0 Å². The maximum Gasteiger partial charge on any atom is 0.0682 e. The maximum absolute atomic E-state index is 5.87. The standard InChI is InChI=1S/C12H21N3S/c1-10-5-8-16-12(10)11(9-13)14-15-6-3-2-4-7-15/h5,8,11,14H,2-4,6-7,9,13H2,1H3. The molecule has 2 rings (SSSR count). The van der Waals surface area contributed by atoms with Crippen LogP contribution in [0.15, 0.2) is 11.4 Å². The zero-order chi connectivity index (χ0) is 11.4. The fourth-order valence-corrected chi connectivity index (χ4v) is 3.19. The van der Waals surface area contributed by atoms with E-state index in [9.17, 15) is 0 Å². The van der Waals surface area contributed by atoms with Gasteiger partial charge in [0.2, 0.25) is 0 Å². The number of aryl methyl sites for hydroxylation is 1. The molecule has 1 fully saturated rings. The minimum Gasteiger partial charge on any atom is -0.329 e. The summed E-state index contributed by atoms with van der Waals surface area (Å²) in [5.41, 5.74) is 10.8. The molecule has 0 radical (unpaired) electrons. The Hall–Kier alpha value is -0.420. The van der Waals surface area contributed by atoms with Crippen molar-refractivity contribution in [2.45, 2.75) is 32.2 Å². The van der Waals surface area contributed by atoms with Crippen molar-refractivity contribution in [1.82, 2.24) is 10.4 Å². The van der Waals surface area contributed by atoms with Crippen LogP contribution < -0.4 is 11.2 Å². The van der Waals surface area contributed by atoms with Gasteiger partial charge in [0.05, 0.1) is 6.04 Å². The first-order valence-corrected chi connectivity index (χ1v) is 6.94. The number of rotatable bonds is 4. The van der Waals surface area contributed by atoms with Crippen LogP contribution >= 0.6 is 11.3 Å². The topological polar surface area (TPSA) is 41.3 Å². The van der Waals surface area contributed by atoms with E-state index in [1.807, 2.05) is 0 Å². The maximum atomic E-state index is 5.87. The second-order valence-corrected chi connectivity index (χ2v) is 5.38. The van der Waals surface area contributed by atoms with Gasteiger partial charge in [0, 0.05) is 24.5 Å². The van der Waals surface area contributed by atoms with E-state index in [1.54, 1.807) is 11.3 Å². The fourth-order valence-electron chi connectivity index (χ4n) is 2.20. The van der Waals surface area contributed by atoms with E-state index in [0.717, 1.165) is 13.1 Å². The molecule has 3 N–H and O–H groups in total. The normalized spacial score (nSPS) is 19.9. The average molecular weight is 239 g/mol. The highest BCUT2D eigenvalue weighted by Gasteiger charge is 2.18. The van der Waals surface area contributed by atoms with Crippen molar-refractivity contribution in [2.75, 3.05) is 19.6 Å². The Balaban J connectivity index is 1.97. The second-order valence-electron chi connectivity index (χ2n) is 4.43. The highest BCUT2D eigenvalue weighted by molar-refractivity contribution is 7.10. The molecule has 16 heavy (non-hydrogen) atoms. The van der Waals surface area contributed by atoms with E-state index in [2.05, 4.69) is 28.8 Å². The molecule has 0 saturated carbocycles. The molecule has 3 nitrogen and oxygen atoms in total. The van der Waals surface area contributed by atoms with Crippen LogP contribution in [0.1, 0.15) is 35.7 Å². The SMILES string of the molecule is Cc1ccsc1C(CN)NN1CCCCC1. The van der Waals surface area contributed by atoms with Gasteiger partial charge in [-0.05, 0) is 36.8 Å². The fraction of sp³-hybridized carbons (Fsp3) is 0.667. The molecule has 2 heterocycles. The van der Waals surface area contributed by atoms with Gasteiger partial charge in [0.15, 0.2) is 0 Å². The molecule has 1 saturated heterocycles. The van der Waals surface area contributed by atoms with Crippen molar-refractivity contribution in [3.8, 4) is 0 Å². The van der Waals surface area contributed by atoms with Crippen molar-refractivity contribution < 1.29 is 0 Å². The predicted molar refractivity (Wildman–Crippen MR) is 69.4 cm³/mol. The molecule has 4 heteroatoms. The van der Waals surface area contributed by atoms with Crippen LogP contribution in [-0.4, -0.2) is 24.6 Å². The van der Waals surface area contributed by atoms with E-state index >= 15 is 0 Å². The van der Waals surface area contributed by atoms with Gasteiger partial charge >= 0.3 is 0 Å². The van der Waals surface area contributed by atoms with E-state index in [0.29, 0.717) is 6.54 Å². The summed E-state index contributed by atoms with van der Waals surface area (Å²) in [6.07, 6.45) is 3.96. The Morgan fingerprint density at radius 3 is 2.75 bits per heavy atom. The molecule has 90 valence electrons. The molecule has 1 atom stereocenters. The molecule has 0 spiro atoms. The number of hydrogen-bond donors (Lipinski definition) is 2. The average Bonchev–Trinajstić information content (AvgIpc) is 2.74. The highest BCUT2D eigenvalue weighted by Crippen LogP contribution is 2.24. The first kappa shape index (κ1) is 12.0. The first-order chi connectivity index (χ1) is 7.81. The largest absolute Gasteiger partial charge is 0.329 e. The van der Waals surface area contributed by atoms with Gasteiger partial charge in [-0.1, -0.05) is 6.42 Å². The van der Waals surface area contributed by atoms with E-state index in [-0.39, 0.29) is 6.04 Å². The molecular formula is C12H21N3S. The predicted octanol–water partition coefficient (Wildman–Crippen LogP) is 2.05. The Labute approximate surface area is 102 Å². The van der Waals surface area contributed by atoms with Gasteiger partial charge < -0.3 is 5.73 Å². The molecule has 0 aromatic carbocycles. The van der Waals surface area contributed by atoms with Crippen molar-refractivity contribution >= 4 is 11.3 Å². The van der Waals surface area contributed by atoms with Crippen molar-refractivity contribution in [3.63, 3.8) is 0 Å². The molecule has 0 bridgehead atoms. The number of nitrogens with two attached hydrogens (primary N) is 1. The number of hydrazine groups is 1. The molecule has 0 aliphatic carbocycles. The highest BCUT2D eigenvalue weighted by atomic mass is 32.1. The zero-order valence-corrected chi connectivity index (χ0v) is 10.7. The lowest BCUT2D eigenvalue weighted by atomic mass is 10.1. The Bertz CT molecular complexity index is 318. The zero-order valence-electron chi connectivity index (χ0n) is 9.91. The number of nitrogens with one attached hydrogen (secondary N) is 1. The third-order valence-electron chi connectivity index (χ3n) is 3.15. The van der Waals surface area contributed by atoms with Gasteiger partial charge in [-0.15, -0.1) is 11.3 Å². The smallest absolute Gasteiger partial charge is 0.0682 e. The van der Waals surface area contributed by atoms with Gasteiger partial charge in [0.25, 0.3) is 0 Å². The summed E-state index contributed by atoms with van der Waals surface area (Å²) >= 11 is 1.80. The molecule has 1 aromatic rings. The van der Waals surface area contributed by atoms with Gasteiger partial charge in [-0.3, -0.25) is 0 Å². The Kier molecular flexibility index (Phi) is 4.35. The second kappa shape index (κ2) is 5.77. The number of piperidine rings is 1. The third kappa shape index (κ3) is 2.83. The minimum absolute atomic E-state index is 0.290. The van der Waals surface area contributed by atoms with Gasteiger partial charge in [-0.2, -0.15) is 0 Å². The summed E-state index contributed by atoms with van der Waals surface area (Å²) in [5, 5.41) is 4.48. The lowest BCUT2D eigenvalue weighted by molar-refractivity contribution is 0.131. The van der Waals surface area contributed by atoms with E-state index in [4.69, 9.17) is 5.73 Å². The van der Waals surface area contributed by atoms with E-state index in [1.165, 1.54) is 29.7 Å². The van der Waals surface area contributed by atoms with Crippen LogP contribution in [0.2, 0.25) is 0 Å². The van der Waals surface area contributed by atoms with Crippen LogP contribution in [0.4, 0.5) is 0 Å². The third-order valence-corrected chi connectivity index (χ3v) is 4.28. The lowest BCUT2D eigenvalue weighted by Gasteiger charge is -2.31. The van der Waals surface area contributed by atoms with Crippen LogP contribution in [0.3, 0.4) is 0 Å². The Morgan fingerprint density at radius 2 is 2.19 bits per heavy atom. The summed E-state index contributed by atoms with van der Waals surface area (Å²) in [6, 6.07) is 2.46. The number of nitrogens with zero attached hydrogens (tertiary/aromatic N) is 1. The van der Waals surface area contributed by atoms with Crippen LogP contribution in [-0.2, 0) is 0 Å². The molecule has 1 unspecified atom stereocenters. The first-order valence-electron chi connectivity index (χ1n) is 6.06. The van der Waals surface area contributed by atoms with E-state index < -0.39 is 0 Å². The quantitative estimate of drug-likeness (QED) is 0.845. The molecular weight excluding hydrogens is 218 g/mol. The molecule has 1 aliphatic heterocycles. The van der Waals surface area contributed by atoms with Crippen LogP contribution in [0, 0.1) is 6.92 Å². The summed E-state index contributed by atoms with van der Waals surface area (Å²) < 4.78 is 0. The van der Waals surface area contributed by atoms with Crippen molar-refractivity contribution in [1.29, 1.82) is 0 Å². The van der Waals surface area contributed by atoms with Crippen LogP contribution in [0.5, 0.6) is 0 Å². The monoisotopic (exact) mass is 239 g/mol. The summed E-state index contributed by atoms with van der Waals surface area (Å²) in [7, 11) is 0. The van der Waals surface area contributed by atoms with Crippen molar-refractivity contribution in [2.24, 2.45) is 5.73 Å². The minimum atomic E-state index is 0.290. The molecule has 1 aromatic heterocycles. The summed E-state index contributed by atoms with van der Waals surface area (Å²) in [5.74, 6) is 0. The number of thiophene rings is 1. The summed E-state index contributed by atoms with van der Waals surface area (Å²) in [4.78, 5) is 1.38. The summed E-state index contributed by atoms with van der Waals surface area (Å²) in [6.45, 7) is 5.13. The molecule has 0 amide bonds.